The predicted molar refractivity (Wildman–Crippen MR) is 62.6 cm³/mol. The predicted octanol–water partition coefficient (Wildman–Crippen LogP) is 2.20. The lowest BCUT2D eigenvalue weighted by Gasteiger charge is -2.39. The van der Waals surface area contributed by atoms with Crippen LogP contribution in [0.25, 0.3) is 0 Å². The first-order chi connectivity index (χ1) is 7.13. The molecule has 1 aromatic carbocycles. The summed E-state index contributed by atoms with van der Waals surface area (Å²) in [4.78, 5) is 0. The Morgan fingerprint density at radius 2 is 2.13 bits per heavy atom. The van der Waals surface area contributed by atoms with Crippen LogP contribution in [-0.4, -0.2) is 25.8 Å². The van der Waals surface area contributed by atoms with Gasteiger partial charge in [0.2, 0.25) is 0 Å². The second-order valence-corrected chi connectivity index (χ2v) is 4.81. The van der Waals surface area contributed by atoms with Gasteiger partial charge < -0.3 is 14.8 Å². The minimum Gasteiger partial charge on any atom is -0.497 e. The van der Waals surface area contributed by atoms with Gasteiger partial charge in [-0.25, -0.2) is 0 Å². The average molecular weight is 272 g/mol. The summed E-state index contributed by atoms with van der Waals surface area (Å²) in [5.74, 6) is 1.64. The van der Waals surface area contributed by atoms with Crippen LogP contribution in [-0.2, 0) is 0 Å². The highest BCUT2D eigenvalue weighted by atomic mass is 79.9. The van der Waals surface area contributed by atoms with Crippen LogP contribution < -0.4 is 14.8 Å². The number of nitrogens with one attached hydrogen (secondary N) is 1. The maximum atomic E-state index is 5.92. The first-order valence-corrected chi connectivity index (χ1v) is 5.65. The highest BCUT2D eigenvalue weighted by Crippen LogP contribution is 2.32. The molecule has 0 saturated carbocycles. The molecule has 15 heavy (non-hydrogen) atoms. The lowest BCUT2D eigenvalue weighted by atomic mass is 10.00. The van der Waals surface area contributed by atoms with E-state index in [1.807, 2.05) is 18.2 Å². The van der Waals surface area contributed by atoms with Crippen molar-refractivity contribution in [2.45, 2.75) is 12.5 Å². The van der Waals surface area contributed by atoms with Crippen LogP contribution >= 0.6 is 15.9 Å². The van der Waals surface area contributed by atoms with Gasteiger partial charge in [-0.2, -0.15) is 0 Å². The molecular weight excluding hydrogens is 258 g/mol. The van der Waals surface area contributed by atoms with Crippen molar-refractivity contribution in [1.29, 1.82) is 0 Å². The smallest absolute Gasteiger partial charge is 0.138 e. The van der Waals surface area contributed by atoms with E-state index in [1.165, 1.54) is 0 Å². The van der Waals surface area contributed by atoms with Crippen LogP contribution in [0.3, 0.4) is 0 Å². The average Bonchev–Trinajstić information content (AvgIpc) is 2.19. The lowest BCUT2D eigenvalue weighted by Crippen LogP contribution is -2.61. The van der Waals surface area contributed by atoms with E-state index in [9.17, 15) is 0 Å². The van der Waals surface area contributed by atoms with Crippen LogP contribution in [0.4, 0.5) is 0 Å². The second-order valence-electron chi connectivity index (χ2n) is 3.95. The molecule has 4 heteroatoms. The SMILES string of the molecule is COc1ccc(Br)c(OC2(C)CNC2)c1. The molecule has 1 aromatic rings. The normalized spacial score (nSPS) is 18.1. The van der Waals surface area contributed by atoms with E-state index >= 15 is 0 Å². The molecule has 3 nitrogen and oxygen atoms in total. The number of hydrogen-bond donors (Lipinski definition) is 1. The highest BCUT2D eigenvalue weighted by Gasteiger charge is 2.34. The standard InChI is InChI=1S/C11H14BrNO2/c1-11(6-13-7-11)15-10-5-8(14-2)3-4-9(10)12/h3-5,13H,6-7H2,1-2H3. The van der Waals surface area contributed by atoms with Gasteiger partial charge in [0.05, 0.1) is 11.6 Å². The van der Waals surface area contributed by atoms with Crippen molar-refractivity contribution < 1.29 is 9.47 Å². The van der Waals surface area contributed by atoms with Crippen molar-refractivity contribution >= 4 is 15.9 Å². The molecule has 82 valence electrons. The van der Waals surface area contributed by atoms with E-state index in [4.69, 9.17) is 9.47 Å². The minimum absolute atomic E-state index is 0.0884. The van der Waals surface area contributed by atoms with Crippen LogP contribution in [0.1, 0.15) is 6.92 Å². The summed E-state index contributed by atoms with van der Waals surface area (Å²) in [6.45, 7) is 3.86. The summed E-state index contributed by atoms with van der Waals surface area (Å²) in [5, 5.41) is 3.20. The molecule has 0 atom stereocenters. The quantitative estimate of drug-likeness (QED) is 0.915. The Morgan fingerprint density at radius 1 is 1.40 bits per heavy atom. The number of ether oxygens (including phenoxy) is 2. The summed E-state index contributed by atoms with van der Waals surface area (Å²) in [6.07, 6.45) is 0. The van der Waals surface area contributed by atoms with Crippen molar-refractivity contribution in [3.05, 3.63) is 22.7 Å². The largest absolute Gasteiger partial charge is 0.497 e. The Labute approximate surface area is 97.9 Å². The van der Waals surface area contributed by atoms with Gasteiger partial charge in [0.25, 0.3) is 0 Å². The van der Waals surface area contributed by atoms with E-state index in [0.717, 1.165) is 29.1 Å². The molecule has 1 heterocycles. The van der Waals surface area contributed by atoms with Crippen molar-refractivity contribution in [3.8, 4) is 11.5 Å². The van der Waals surface area contributed by atoms with Crippen molar-refractivity contribution in [1.82, 2.24) is 5.32 Å². The van der Waals surface area contributed by atoms with Gasteiger partial charge >= 0.3 is 0 Å². The number of methoxy groups -OCH3 is 1. The molecule has 1 N–H and O–H groups in total. The third-order valence-electron chi connectivity index (χ3n) is 2.49. The van der Waals surface area contributed by atoms with Crippen molar-refractivity contribution in [2.75, 3.05) is 20.2 Å². The molecular formula is C11H14BrNO2. The first-order valence-electron chi connectivity index (χ1n) is 4.86. The van der Waals surface area contributed by atoms with E-state index in [1.54, 1.807) is 7.11 Å². The lowest BCUT2D eigenvalue weighted by molar-refractivity contribution is 0.0340. The molecule has 0 amide bonds. The summed E-state index contributed by atoms with van der Waals surface area (Å²) in [6, 6.07) is 5.73. The topological polar surface area (TPSA) is 30.5 Å². The number of halogens is 1. The molecule has 2 rings (SSSR count). The van der Waals surface area contributed by atoms with E-state index in [2.05, 4.69) is 28.2 Å². The van der Waals surface area contributed by atoms with Crippen LogP contribution in [0.15, 0.2) is 22.7 Å². The number of rotatable bonds is 3. The van der Waals surface area contributed by atoms with Gasteiger partial charge in [-0.3, -0.25) is 0 Å². The van der Waals surface area contributed by atoms with Gasteiger partial charge in [0, 0.05) is 19.2 Å². The Hall–Kier alpha value is -0.740. The maximum Gasteiger partial charge on any atom is 0.138 e. The summed E-state index contributed by atoms with van der Waals surface area (Å²) < 4.78 is 12.0. The monoisotopic (exact) mass is 271 g/mol. The molecule has 0 bridgehead atoms. The summed E-state index contributed by atoms with van der Waals surface area (Å²) in [5.41, 5.74) is -0.0884. The van der Waals surface area contributed by atoms with Crippen molar-refractivity contribution in [2.24, 2.45) is 0 Å². The molecule has 0 aromatic heterocycles. The highest BCUT2D eigenvalue weighted by molar-refractivity contribution is 9.10. The fourth-order valence-electron chi connectivity index (χ4n) is 1.50. The van der Waals surface area contributed by atoms with Gasteiger partial charge in [-0.15, -0.1) is 0 Å². The fraction of sp³-hybridized carbons (Fsp3) is 0.455. The van der Waals surface area contributed by atoms with Gasteiger partial charge in [0.15, 0.2) is 0 Å². The molecule has 0 unspecified atom stereocenters. The molecule has 1 saturated heterocycles. The molecule has 0 aliphatic carbocycles. The minimum atomic E-state index is -0.0884. The van der Waals surface area contributed by atoms with Crippen LogP contribution in [0, 0.1) is 0 Å². The Bertz CT molecular complexity index is 364. The Kier molecular flexibility index (Phi) is 2.89. The van der Waals surface area contributed by atoms with E-state index in [0.29, 0.717) is 0 Å². The number of benzene rings is 1. The number of hydrogen-bond acceptors (Lipinski definition) is 3. The van der Waals surface area contributed by atoms with Crippen molar-refractivity contribution in [3.63, 3.8) is 0 Å². The van der Waals surface area contributed by atoms with Gasteiger partial charge in [0.1, 0.15) is 17.1 Å². The zero-order chi connectivity index (χ0) is 10.9. The molecule has 0 radical (unpaired) electrons. The first kappa shape index (κ1) is 10.8. The van der Waals surface area contributed by atoms with Crippen LogP contribution in [0.5, 0.6) is 11.5 Å². The zero-order valence-electron chi connectivity index (χ0n) is 8.84. The van der Waals surface area contributed by atoms with Gasteiger partial charge in [-0.1, -0.05) is 0 Å². The molecule has 1 aliphatic heterocycles. The van der Waals surface area contributed by atoms with Gasteiger partial charge in [-0.05, 0) is 35.0 Å². The fourth-order valence-corrected chi connectivity index (χ4v) is 1.83. The van der Waals surface area contributed by atoms with E-state index < -0.39 is 0 Å². The third-order valence-corrected chi connectivity index (χ3v) is 3.15. The maximum absolute atomic E-state index is 5.92. The summed E-state index contributed by atoms with van der Waals surface area (Å²) >= 11 is 3.46. The Morgan fingerprint density at radius 3 is 2.67 bits per heavy atom. The zero-order valence-corrected chi connectivity index (χ0v) is 10.4. The Balaban J connectivity index is 2.19. The van der Waals surface area contributed by atoms with E-state index in [-0.39, 0.29) is 5.60 Å². The third kappa shape index (κ3) is 2.26. The second kappa shape index (κ2) is 4.02. The molecule has 1 aliphatic rings. The molecule has 0 spiro atoms. The summed E-state index contributed by atoms with van der Waals surface area (Å²) in [7, 11) is 1.65. The van der Waals surface area contributed by atoms with Crippen LogP contribution in [0.2, 0.25) is 0 Å². The molecule has 1 fully saturated rings.